The van der Waals surface area contributed by atoms with E-state index in [-0.39, 0.29) is 11.6 Å². The Labute approximate surface area is 122 Å². The summed E-state index contributed by atoms with van der Waals surface area (Å²) >= 11 is 5.64. The van der Waals surface area contributed by atoms with Gasteiger partial charge in [-0.1, -0.05) is 35.7 Å². The molecule has 0 saturated heterocycles. The van der Waals surface area contributed by atoms with E-state index < -0.39 is 5.82 Å². The molecule has 0 heterocycles. The molecule has 1 N–H and O–H groups in total. The minimum absolute atomic E-state index is 0.105. The maximum Gasteiger partial charge on any atom is 0.148 e. The lowest BCUT2D eigenvalue weighted by atomic mass is 10.2. The van der Waals surface area contributed by atoms with Gasteiger partial charge in [0.25, 0.3) is 0 Å². The van der Waals surface area contributed by atoms with E-state index >= 15 is 0 Å². The molecule has 0 bridgehead atoms. The van der Waals surface area contributed by atoms with E-state index in [2.05, 4.69) is 11.2 Å². The maximum atomic E-state index is 13.3. The van der Waals surface area contributed by atoms with Gasteiger partial charge >= 0.3 is 0 Å². The van der Waals surface area contributed by atoms with Crippen LogP contribution in [0.4, 0.5) is 10.1 Å². The minimum atomic E-state index is -0.450. The predicted octanol–water partition coefficient (Wildman–Crippen LogP) is 4.10. The number of benzene rings is 2. The second kappa shape index (κ2) is 6.83. The van der Waals surface area contributed by atoms with Crippen molar-refractivity contribution in [3.8, 4) is 18.1 Å². The third-order valence-electron chi connectivity index (χ3n) is 2.69. The van der Waals surface area contributed by atoms with Crippen LogP contribution in [0.1, 0.15) is 5.56 Å². The first kappa shape index (κ1) is 14.2. The Hall–Kier alpha value is -2.18. The van der Waals surface area contributed by atoms with Crippen LogP contribution in [0.2, 0.25) is 5.02 Å². The average molecular weight is 290 g/mol. The summed E-state index contributed by atoms with van der Waals surface area (Å²) in [5, 5.41) is 3.22. The van der Waals surface area contributed by atoms with E-state index in [1.165, 1.54) is 12.1 Å². The number of nitrogens with one attached hydrogen (secondary N) is 1. The van der Waals surface area contributed by atoms with Crippen molar-refractivity contribution in [2.45, 2.75) is 6.54 Å². The van der Waals surface area contributed by atoms with E-state index in [0.717, 1.165) is 5.56 Å². The van der Waals surface area contributed by atoms with Gasteiger partial charge in [-0.3, -0.25) is 0 Å². The SMILES string of the molecule is C#CCOc1ccccc1CNc1ccc(Cl)c(F)c1. The molecule has 2 aromatic carbocycles. The standard InChI is InChI=1S/C16H13ClFNO/c1-2-9-20-16-6-4-3-5-12(16)11-19-13-7-8-14(17)15(18)10-13/h1,3-8,10,19H,9,11H2. The van der Waals surface area contributed by atoms with Gasteiger partial charge in [-0.15, -0.1) is 6.42 Å². The number of anilines is 1. The Morgan fingerprint density at radius 2 is 2.05 bits per heavy atom. The number of hydrogen-bond donors (Lipinski definition) is 1. The molecule has 0 amide bonds. The van der Waals surface area contributed by atoms with Gasteiger partial charge in [0, 0.05) is 17.8 Å². The van der Waals surface area contributed by atoms with Gasteiger partial charge in [0.2, 0.25) is 0 Å². The largest absolute Gasteiger partial charge is 0.481 e. The lowest BCUT2D eigenvalue weighted by Crippen LogP contribution is -2.03. The van der Waals surface area contributed by atoms with Crippen LogP contribution >= 0.6 is 11.6 Å². The second-order valence-corrected chi connectivity index (χ2v) is 4.49. The van der Waals surface area contributed by atoms with Crippen LogP contribution in [0.25, 0.3) is 0 Å². The summed E-state index contributed by atoms with van der Waals surface area (Å²) in [7, 11) is 0. The van der Waals surface area contributed by atoms with E-state index in [1.807, 2.05) is 24.3 Å². The molecular weight excluding hydrogens is 277 g/mol. The number of ether oxygens (including phenoxy) is 1. The summed E-state index contributed by atoms with van der Waals surface area (Å²) in [6, 6.07) is 12.1. The summed E-state index contributed by atoms with van der Waals surface area (Å²) in [6.45, 7) is 0.717. The summed E-state index contributed by atoms with van der Waals surface area (Å²) < 4.78 is 18.8. The molecule has 2 rings (SSSR count). The second-order valence-electron chi connectivity index (χ2n) is 4.08. The normalized spacial score (nSPS) is 9.85. The van der Waals surface area contributed by atoms with Crippen molar-refractivity contribution >= 4 is 17.3 Å². The molecule has 0 saturated carbocycles. The molecule has 4 heteroatoms. The third kappa shape index (κ3) is 3.66. The smallest absolute Gasteiger partial charge is 0.148 e. The Balaban J connectivity index is 2.06. The lowest BCUT2D eigenvalue weighted by molar-refractivity contribution is 0.366. The van der Waals surface area contributed by atoms with Crippen LogP contribution < -0.4 is 10.1 Å². The first-order valence-corrected chi connectivity index (χ1v) is 6.41. The molecule has 102 valence electrons. The van der Waals surface area contributed by atoms with Crippen LogP contribution in [0.15, 0.2) is 42.5 Å². The molecule has 0 aliphatic carbocycles. The molecule has 0 fully saturated rings. The van der Waals surface area contributed by atoms with Crippen LogP contribution in [-0.2, 0) is 6.54 Å². The first-order chi connectivity index (χ1) is 9.70. The van der Waals surface area contributed by atoms with Gasteiger partial charge in [-0.25, -0.2) is 4.39 Å². The minimum Gasteiger partial charge on any atom is -0.481 e. The Bertz CT molecular complexity index is 637. The van der Waals surface area contributed by atoms with Crippen molar-refractivity contribution in [1.82, 2.24) is 0 Å². The zero-order valence-electron chi connectivity index (χ0n) is 10.7. The van der Waals surface area contributed by atoms with Crippen molar-refractivity contribution in [3.63, 3.8) is 0 Å². The maximum absolute atomic E-state index is 13.3. The first-order valence-electron chi connectivity index (χ1n) is 6.04. The van der Waals surface area contributed by atoms with E-state index in [1.54, 1.807) is 6.07 Å². The molecule has 2 aromatic rings. The number of para-hydroxylation sites is 1. The highest BCUT2D eigenvalue weighted by atomic mass is 35.5. The molecule has 0 aliphatic heterocycles. The Kier molecular flexibility index (Phi) is 4.86. The lowest BCUT2D eigenvalue weighted by Gasteiger charge is -2.11. The molecule has 0 aliphatic rings. The van der Waals surface area contributed by atoms with E-state index in [9.17, 15) is 4.39 Å². The van der Waals surface area contributed by atoms with Crippen molar-refractivity contribution in [2.24, 2.45) is 0 Å². The molecule has 0 spiro atoms. The monoisotopic (exact) mass is 289 g/mol. The topological polar surface area (TPSA) is 21.3 Å². The highest BCUT2D eigenvalue weighted by Crippen LogP contribution is 2.22. The highest BCUT2D eigenvalue weighted by Gasteiger charge is 2.04. The molecule has 0 unspecified atom stereocenters. The Morgan fingerprint density at radius 3 is 2.80 bits per heavy atom. The molecule has 0 radical (unpaired) electrons. The quantitative estimate of drug-likeness (QED) is 0.837. The zero-order chi connectivity index (χ0) is 14.4. The predicted molar refractivity (Wildman–Crippen MR) is 79.5 cm³/mol. The summed E-state index contributed by atoms with van der Waals surface area (Å²) in [6.07, 6.45) is 5.18. The summed E-state index contributed by atoms with van der Waals surface area (Å²) in [5.41, 5.74) is 1.59. The van der Waals surface area contributed by atoms with Crippen molar-refractivity contribution in [1.29, 1.82) is 0 Å². The summed E-state index contributed by atoms with van der Waals surface area (Å²) in [5.74, 6) is 2.69. The third-order valence-corrected chi connectivity index (χ3v) is 2.99. The highest BCUT2D eigenvalue weighted by molar-refractivity contribution is 6.30. The zero-order valence-corrected chi connectivity index (χ0v) is 11.5. The van der Waals surface area contributed by atoms with Gasteiger partial charge in [-0.2, -0.15) is 0 Å². The number of rotatable bonds is 5. The van der Waals surface area contributed by atoms with Crippen molar-refractivity contribution in [2.75, 3.05) is 11.9 Å². The van der Waals surface area contributed by atoms with Gasteiger partial charge in [0.15, 0.2) is 0 Å². The fraction of sp³-hybridized carbons (Fsp3) is 0.125. The van der Waals surface area contributed by atoms with Gasteiger partial charge in [0.1, 0.15) is 18.2 Å². The number of terminal acetylenes is 1. The fourth-order valence-corrected chi connectivity index (χ4v) is 1.83. The van der Waals surface area contributed by atoms with Gasteiger partial charge < -0.3 is 10.1 Å². The summed E-state index contributed by atoms with van der Waals surface area (Å²) in [4.78, 5) is 0. The van der Waals surface area contributed by atoms with E-state index in [0.29, 0.717) is 18.0 Å². The van der Waals surface area contributed by atoms with Crippen LogP contribution in [-0.4, -0.2) is 6.61 Å². The molecule has 0 atom stereocenters. The number of hydrogen-bond acceptors (Lipinski definition) is 2. The molecular formula is C16H13ClFNO. The molecule has 20 heavy (non-hydrogen) atoms. The fourth-order valence-electron chi connectivity index (χ4n) is 1.71. The van der Waals surface area contributed by atoms with Gasteiger partial charge in [-0.05, 0) is 24.3 Å². The van der Waals surface area contributed by atoms with Crippen molar-refractivity contribution < 1.29 is 9.13 Å². The number of halogens is 2. The van der Waals surface area contributed by atoms with Crippen LogP contribution in [0.5, 0.6) is 5.75 Å². The molecule has 2 nitrogen and oxygen atoms in total. The molecule has 0 aromatic heterocycles. The van der Waals surface area contributed by atoms with Crippen LogP contribution in [0, 0.1) is 18.2 Å². The van der Waals surface area contributed by atoms with Crippen LogP contribution in [0.3, 0.4) is 0 Å². The van der Waals surface area contributed by atoms with Gasteiger partial charge in [0.05, 0.1) is 5.02 Å². The van der Waals surface area contributed by atoms with E-state index in [4.69, 9.17) is 22.8 Å². The van der Waals surface area contributed by atoms with Crippen molar-refractivity contribution in [3.05, 3.63) is 58.9 Å². The average Bonchev–Trinajstić information content (AvgIpc) is 2.47. The Morgan fingerprint density at radius 1 is 1.25 bits per heavy atom.